The second-order valence-electron chi connectivity index (χ2n) is 7.18. The number of carbonyl (C=O) groups excluding carboxylic acids is 1. The summed E-state index contributed by atoms with van der Waals surface area (Å²) in [4.78, 5) is 17.7. The quantitative estimate of drug-likeness (QED) is 0.711. The van der Waals surface area contributed by atoms with E-state index >= 15 is 0 Å². The molecule has 0 spiro atoms. The fourth-order valence-electron chi connectivity index (χ4n) is 3.69. The van der Waals surface area contributed by atoms with Gasteiger partial charge >= 0.3 is 0 Å². The molecule has 1 amide bonds. The van der Waals surface area contributed by atoms with Crippen LogP contribution >= 0.6 is 0 Å². The van der Waals surface area contributed by atoms with Gasteiger partial charge < -0.3 is 19.4 Å². The van der Waals surface area contributed by atoms with Gasteiger partial charge in [0.25, 0.3) is 5.91 Å². The summed E-state index contributed by atoms with van der Waals surface area (Å²) in [5, 5.41) is 0. The van der Waals surface area contributed by atoms with Crippen LogP contribution in [0.25, 0.3) is 0 Å². The second kappa shape index (κ2) is 7.84. The lowest BCUT2D eigenvalue weighted by Crippen LogP contribution is -3.16. The van der Waals surface area contributed by atoms with Gasteiger partial charge in [-0.3, -0.25) is 4.79 Å². The molecule has 1 aromatic rings. The van der Waals surface area contributed by atoms with Gasteiger partial charge in [-0.2, -0.15) is 0 Å². The molecule has 2 aliphatic heterocycles. The van der Waals surface area contributed by atoms with E-state index in [4.69, 9.17) is 4.74 Å². The lowest BCUT2D eigenvalue weighted by molar-refractivity contribution is -0.892. The van der Waals surface area contributed by atoms with E-state index in [1.54, 1.807) is 19.1 Å². The molecule has 0 aliphatic carbocycles. The summed E-state index contributed by atoms with van der Waals surface area (Å²) in [7, 11) is 0.433. The predicted molar refractivity (Wildman–Crippen MR) is 101 cm³/mol. The third kappa shape index (κ3) is 4.48. The molecule has 26 heavy (non-hydrogen) atoms. The summed E-state index contributed by atoms with van der Waals surface area (Å²) < 4.78 is 28.5. The normalized spacial score (nSPS) is 23.0. The largest absolute Gasteiger partial charge is 0.497 e. The van der Waals surface area contributed by atoms with Crippen molar-refractivity contribution < 1.29 is 22.8 Å². The number of hydrogen-bond acceptors (Lipinski definition) is 5. The molecule has 144 valence electrons. The van der Waals surface area contributed by atoms with Gasteiger partial charge in [-0.25, -0.2) is 8.42 Å². The van der Waals surface area contributed by atoms with Gasteiger partial charge in [-0.05, 0) is 18.6 Å². The van der Waals surface area contributed by atoms with E-state index < -0.39 is 9.84 Å². The summed E-state index contributed by atoms with van der Waals surface area (Å²) in [6, 6.07) is 7.87. The predicted octanol–water partition coefficient (Wildman–Crippen LogP) is -0.954. The van der Waals surface area contributed by atoms with E-state index in [1.807, 2.05) is 18.2 Å². The van der Waals surface area contributed by atoms with Crippen LogP contribution in [0.3, 0.4) is 0 Å². The molecular formula is C18H28N3O4S+. The molecule has 2 aliphatic rings. The van der Waals surface area contributed by atoms with Gasteiger partial charge in [-0.15, -0.1) is 0 Å². The van der Waals surface area contributed by atoms with Gasteiger partial charge in [-0.1, -0.05) is 6.07 Å². The Labute approximate surface area is 155 Å². The number of piperazine rings is 1. The summed E-state index contributed by atoms with van der Waals surface area (Å²) in [6.07, 6.45) is 0.559. The van der Waals surface area contributed by atoms with Crippen molar-refractivity contribution in [1.82, 2.24) is 4.90 Å². The molecular weight excluding hydrogens is 354 g/mol. The van der Waals surface area contributed by atoms with Gasteiger partial charge in [0.15, 0.2) is 16.4 Å². The number of anilines is 1. The molecule has 3 rings (SSSR count). The Kier molecular flexibility index (Phi) is 5.72. The van der Waals surface area contributed by atoms with Crippen LogP contribution in [0.1, 0.15) is 6.42 Å². The number of sulfone groups is 1. The van der Waals surface area contributed by atoms with Crippen LogP contribution < -0.4 is 14.5 Å². The lowest BCUT2D eigenvalue weighted by atomic mass is 10.2. The van der Waals surface area contributed by atoms with Gasteiger partial charge in [0.05, 0.1) is 44.8 Å². The number of benzene rings is 1. The highest BCUT2D eigenvalue weighted by molar-refractivity contribution is 7.91. The topological polar surface area (TPSA) is 71.4 Å². The van der Waals surface area contributed by atoms with Crippen LogP contribution in [0.15, 0.2) is 24.3 Å². The van der Waals surface area contributed by atoms with Gasteiger partial charge in [0.1, 0.15) is 5.75 Å². The Bertz CT molecular complexity index is 745. The molecule has 1 atom stereocenters. The number of amides is 1. The monoisotopic (exact) mass is 382 g/mol. The van der Waals surface area contributed by atoms with Crippen molar-refractivity contribution in [3.63, 3.8) is 0 Å². The molecule has 2 saturated heterocycles. The smallest absolute Gasteiger partial charge is 0.277 e. The van der Waals surface area contributed by atoms with Crippen LogP contribution in [0, 0.1) is 0 Å². The Morgan fingerprint density at radius 1 is 1.35 bits per heavy atom. The van der Waals surface area contributed by atoms with Gasteiger partial charge in [0, 0.05) is 24.8 Å². The number of nitrogens with one attached hydrogen (secondary N) is 1. The summed E-state index contributed by atoms with van der Waals surface area (Å²) in [6.45, 7) is 3.98. The molecule has 0 unspecified atom stereocenters. The Balaban J connectivity index is 1.49. The van der Waals surface area contributed by atoms with Gasteiger partial charge in [0.2, 0.25) is 0 Å². The van der Waals surface area contributed by atoms with E-state index in [9.17, 15) is 13.2 Å². The average Bonchev–Trinajstić information content (AvgIpc) is 3.01. The maximum Gasteiger partial charge on any atom is 0.277 e. The Morgan fingerprint density at radius 3 is 2.69 bits per heavy atom. The zero-order valence-electron chi connectivity index (χ0n) is 15.5. The first-order chi connectivity index (χ1) is 12.4. The van der Waals surface area contributed by atoms with E-state index in [0.29, 0.717) is 13.0 Å². The minimum Gasteiger partial charge on any atom is -0.497 e. The molecule has 2 fully saturated rings. The second-order valence-corrected chi connectivity index (χ2v) is 9.41. The summed E-state index contributed by atoms with van der Waals surface area (Å²) in [5.41, 5.74) is 1.14. The molecule has 7 nitrogen and oxygen atoms in total. The van der Waals surface area contributed by atoms with Crippen LogP contribution in [0.4, 0.5) is 5.69 Å². The first-order valence-corrected chi connectivity index (χ1v) is 10.9. The fourth-order valence-corrected chi connectivity index (χ4v) is 5.46. The summed E-state index contributed by atoms with van der Waals surface area (Å²) in [5.74, 6) is 1.19. The third-order valence-electron chi connectivity index (χ3n) is 5.44. The van der Waals surface area contributed by atoms with Crippen LogP contribution in [-0.2, 0) is 14.6 Å². The molecule has 8 heteroatoms. The van der Waals surface area contributed by atoms with Crippen molar-refractivity contribution in [1.29, 1.82) is 0 Å². The standard InChI is InChI=1S/C18H27N3O4S/c1-19(16-6-11-26(23,24)14-16)18(22)13-20-7-9-21(10-8-20)15-4-3-5-17(12-15)25-2/h3-5,12,16H,6-11,13-14H2,1-2H3/p+1/t16-/m1/s1. The van der Waals surface area contributed by atoms with Crippen molar-refractivity contribution >= 4 is 21.4 Å². The van der Waals surface area contributed by atoms with Crippen molar-refractivity contribution in [3.05, 3.63) is 24.3 Å². The van der Waals surface area contributed by atoms with Crippen molar-refractivity contribution in [2.45, 2.75) is 12.5 Å². The molecule has 2 heterocycles. The molecule has 0 bridgehead atoms. The first kappa shape index (κ1) is 19.0. The van der Waals surface area contributed by atoms with Crippen molar-refractivity contribution in [3.8, 4) is 5.75 Å². The number of nitrogens with zero attached hydrogens (tertiary/aromatic N) is 2. The minimum absolute atomic E-state index is 0.0388. The average molecular weight is 383 g/mol. The first-order valence-electron chi connectivity index (χ1n) is 9.06. The molecule has 1 N–H and O–H groups in total. The van der Waals surface area contributed by atoms with E-state index in [0.717, 1.165) is 37.6 Å². The molecule has 0 aromatic heterocycles. The maximum atomic E-state index is 12.5. The highest BCUT2D eigenvalue weighted by Crippen LogP contribution is 2.20. The highest BCUT2D eigenvalue weighted by Gasteiger charge is 2.34. The van der Waals surface area contributed by atoms with Crippen molar-refractivity contribution in [2.24, 2.45) is 0 Å². The fraction of sp³-hybridized carbons (Fsp3) is 0.611. The zero-order valence-corrected chi connectivity index (χ0v) is 16.3. The highest BCUT2D eigenvalue weighted by atomic mass is 32.2. The van der Waals surface area contributed by atoms with Crippen LogP contribution in [0.5, 0.6) is 5.75 Å². The molecule has 0 radical (unpaired) electrons. The van der Waals surface area contributed by atoms with E-state index in [1.165, 1.54) is 4.90 Å². The maximum absolute atomic E-state index is 12.5. The number of ether oxygens (including phenoxy) is 1. The third-order valence-corrected chi connectivity index (χ3v) is 7.19. The Hall–Kier alpha value is -1.80. The number of rotatable bonds is 5. The SMILES string of the molecule is COc1cccc(N2CC[NH+](CC(=O)N(C)[C@@H]3CCS(=O)(=O)C3)CC2)c1. The minimum atomic E-state index is -2.97. The zero-order chi connectivity index (χ0) is 18.7. The number of quaternary nitrogens is 1. The Morgan fingerprint density at radius 2 is 2.08 bits per heavy atom. The van der Waals surface area contributed by atoms with Crippen LogP contribution in [-0.4, -0.2) is 83.7 Å². The number of likely N-dealkylation sites (N-methyl/N-ethyl adjacent to an activating group) is 1. The number of hydrogen-bond donors (Lipinski definition) is 1. The number of carbonyl (C=O) groups is 1. The van der Waals surface area contributed by atoms with Crippen LogP contribution in [0.2, 0.25) is 0 Å². The van der Waals surface area contributed by atoms with E-state index in [-0.39, 0.29) is 23.5 Å². The summed E-state index contributed by atoms with van der Waals surface area (Å²) >= 11 is 0. The molecule has 0 saturated carbocycles. The lowest BCUT2D eigenvalue weighted by Gasteiger charge is -2.34. The number of methoxy groups -OCH3 is 1. The van der Waals surface area contributed by atoms with E-state index in [2.05, 4.69) is 11.0 Å². The molecule has 1 aromatic carbocycles. The van der Waals surface area contributed by atoms with Crippen molar-refractivity contribution in [2.75, 3.05) is 63.3 Å².